The van der Waals surface area contributed by atoms with E-state index in [9.17, 15) is 13.6 Å². The number of hydrogen-bond donors (Lipinski definition) is 0. The van der Waals surface area contributed by atoms with E-state index in [0.717, 1.165) is 19.4 Å². The molecule has 144 valence electrons. The van der Waals surface area contributed by atoms with E-state index in [4.69, 9.17) is 4.74 Å². The molecule has 0 saturated carbocycles. The SMILES string of the molecule is CSc1nc(OC[C@@]23CCCN2C[C@H](F)C3)nc2c(F)c(Br)c(C=O)cc12. The molecule has 0 radical (unpaired) electrons. The number of aldehydes is 1. The van der Waals surface area contributed by atoms with Crippen molar-refractivity contribution in [1.29, 1.82) is 0 Å². The van der Waals surface area contributed by atoms with Crippen LogP contribution in [0.1, 0.15) is 29.6 Å². The lowest BCUT2D eigenvalue weighted by Gasteiger charge is -2.30. The average molecular weight is 458 g/mol. The first-order valence-corrected chi connectivity index (χ1v) is 10.7. The highest BCUT2D eigenvalue weighted by atomic mass is 79.9. The molecule has 0 spiro atoms. The van der Waals surface area contributed by atoms with Crippen LogP contribution >= 0.6 is 27.7 Å². The first-order valence-electron chi connectivity index (χ1n) is 8.68. The minimum atomic E-state index is -0.844. The van der Waals surface area contributed by atoms with Crippen molar-refractivity contribution < 1.29 is 18.3 Å². The van der Waals surface area contributed by atoms with Crippen molar-refractivity contribution in [2.45, 2.75) is 36.0 Å². The molecule has 1 aromatic carbocycles. The smallest absolute Gasteiger partial charge is 0.318 e. The summed E-state index contributed by atoms with van der Waals surface area (Å²) in [6.07, 6.45) is 3.89. The van der Waals surface area contributed by atoms with Gasteiger partial charge in [0.2, 0.25) is 0 Å². The van der Waals surface area contributed by atoms with E-state index in [-0.39, 0.29) is 33.7 Å². The quantitative estimate of drug-likeness (QED) is 0.383. The lowest BCUT2D eigenvalue weighted by molar-refractivity contribution is 0.107. The summed E-state index contributed by atoms with van der Waals surface area (Å²) < 4.78 is 34.5. The van der Waals surface area contributed by atoms with Gasteiger partial charge in [-0.1, -0.05) is 0 Å². The fourth-order valence-electron chi connectivity index (χ4n) is 4.13. The normalized spacial score (nSPS) is 25.1. The van der Waals surface area contributed by atoms with Crippen molar-refractivity contribution in [2.24, 2.45) is 0 Å². The molecule has 27 heavy (non-hydrogen) atoms. The summed E-state index contributed by atoms with van der Waals surface area (Å²) in [4.78, 5) is 21.9. The molecule has 0 aliphatic carbocycles. The Kier molecular flexibility index (Phi) is 5.11. The predicted molar refractivity (Wildman–Crippen MR) is 103 cm³/mol. The van der Waals surface area contributed by atoms with Gasteiger partial charge in [0.05, 0.1) is 10.0 Å². The van der Waals surface area contributed by atoms with Crippen LogP contribution in [-0.4, -0.2) is 58.8 Å². The van der Waals surface area contributed by atoms with Gasteiger partial charge in [0, 0.05) is 23.9 Å². The molecule has 0 N–H and O–H groups in total. The highest BCUT2D eigenvalue weighted by Gasteiger charge is 2.49. The van der Waals surface area contributed by atoms with E-state index in [2.05, 4.69) is 30.8 Å². The number of aromatic nitrogens is 2. The summed E-state index contributed by atoms with van der Waals surface area (Å²) in [6.45, 7) is 1.59. The Hall–Kier alpha value is -1.32. The summed E-state index contributed by atoms with van der Waals surface area (Å²) in [7, 11) is 0. The van der Waals surface area contributed by atoms with Gasteiger partial charge in [-0.3, -0.25) is 9.69 Å². The maximum atomic E-state index is 14.7. The van der Waals surface area contributed by atoms with Gasteiger partial charge in [-0.2, -0.15) is 9.97 Å². The molecule has 3 heterocycles. The second-order valence-corrected chi connectivity index (χ2v) is 8.58. The third kappa shape index (κ3) is 3.23. The number of benzene rings is 1. The summed E-state index contributed by atoms with van der Waals surface area (Å²) in [5, 5.41) is 0.989. The summed E-state index contributed by atoms with van der Waals surface area (Å²) in [5.74, 6) is -0.623. The van der Waals surface area contributed by atoms with E-state index in [1.165, 1.54) is 11.8 Å². The molecule has 2 saturated heterocycles. The van der Waals surface area contributed by atoms with Crippen LogP contribution in [0.15, 0.2) is 15.6 Å². The Morgan fingerprint density at radius 3 is 3.07 bits per heavy atom. The summed E-state index contributed by atoms with van der Waals surface area (Å²) in [6, 6.07) is 1.63. The van der Waals surface area contributed by atoms with Gasteiger partial charge in [-0.25, -0.2) is 8.78 Å². The first-order chi connectivity index (χ1) is 13.0. The van der Waals surface area contributed by atoms with Crippen molar-refractivity contribution in [3.63, 3.8) is 0 Å². The average Bonchev–Trinajstić information content (AvgIpc) is 3.18. The Bertz CT molecular complexity index is 916. The van der Waals surface area contributed by atoms with Gasteiger partial charge in [-0.05, 0) is 47.6 Å². The molecule has 2 aromatic rings. The van der Waals surface area contributed by atoms with Crippen LogP contribution in [0.4, 0.5) is 8.78 Å². The predicted octanol–water partition coefficient (Wildman–Crippen LogP) is 4.02. The third-order valence-corrected chi connectivity index (χ3v) is 6.90. The molecular weight excluding hydrogens is 440 g/mol. The molecule has 2 atom stereocenters. The van der Waals surface area contributed by atoms with Gasteiger partial charge >= 0.3 is 6.01 Å². The number of nitrogens with zero attached hydrogens (tertiary/aromatic N) is 3. The second kappa shape index (κ2) is 7.25. The van der Waals surface area contributed by atoms with Gasteiger partial charge < -0.3 is 4.74 Å². The molecule has 0 unspecified atom stereocenters. The number of hydrogen-bond acceptors (Lipinski definition) is 6. The van der Waals surface area contributed by atoms with Crippen molar-refractivity contribution >= 4 is 44.9 Å². The molecule has 4 rings (SSSR count). The molecule has 1 aromatic heterocycles. The van der Waals surface area contributed by atoms with Crippen molar-refractivity contribution in [3.8, 4) is 6.01 Å². The van der Waals surface area contributed by atoms with E-state index in [0.29, 0.717) is 29.7 Å². The Morgan fingerprint density at radius 2 is 2.33 bits per heavy atom. The lowest BCUT2D eigenvalue weighted by Crippen LogP contribution is -2.43. The highest BCUT2D eigenvalue weighted by Crippen LogP contribution is 2.40. The van der Waals surface area contributed by atoms with Crippen molar-refractivity contribution in [3.05, 3.63) is 21.9 Å². The van der Waals surface area contributed by atoms with Gasteiger partial charge in [0.25, 0.3) is 0 Å². The summed E-state index contributed by atoms with van der Waals surface area (Å²) in [5.41, 5.74) is -0.0250. The number of alkyl halides is 1. The molecule has 0 bridgehead atoms. The molecule has 0 amide bonds. The number of carbonyl (C=O) groups is 1. The van der Waals surface area contributed by atoms with Crippen LogP contribution in [0.25, 0.3) is 10.9 Å². The topological polar surface area (TPSA) is 55.3 Å². The van der Waals surface area contributed by atoms with Crippen LogP contribution in [0.2, 0.25) is 0 Å². The fourth-order valence-corrected chi connectivity index (χ4v) is 5.07. The van der Waals surface area contributed by atoms with Crippen LogP contribution in [0.5, 0.6) is 6.01 Å². The molecule has 2 aliphatic heterocycles. The Morgan fingerprint density at radius 1 is 1.52 bits per heavy atom. The number of carbonyl (C=O) groups excluding carboxylic acids is 1. The summed E-state index contributed by atoms with van der Waals surface area (Å²) >= 11 is 4.43. The van der Waals surface area contributed by atoms with Crippen LogP contribution in [-0.2, 0) is 0 Å². The number of halogens is 3. The fraction of sp³-hybridized carbons (Fsp3) is 0.500. The zero-order valence-electron chi connectivity index (χ0n) is 14.7. The Balaban J connectivity index is 1.68. The van der Waals surface area contributed by atoms with E-state index in [1.807, 2.05) is 6.26 Å². The third-order valence-electron chi connectivity index (χ3n) is 5.40. The zero-order chi connectivity index (χ0) is 19.2. The largest absolute Gasteiger partial charge is 0.461 e. The zero-order valence-corrected chi connectivity index (χ0v) is 17.1. The van der Waals surface area contributed by atoms with Gasteiger partial charge in [-0.15, -0.1) is 11.8 Å². The van der Waals surface area contributed by atoms with Gasteiger partial charge in [0.1, 0.15) is 23.3 Å². The van der Waals surface area contributed by atoms with Crippen LogP contribution in [0, 0.1) is 5.82 Å². The number of rotatable bonds is 5. The maximum absolute atomic E-state index is 14.7. The standard InChI is InChI=1S/C18H18BrF2N3O2S/c1-27-16-12-5-10(8-25)13(19)14(21)15(12)22-17(23-16)26-9-18-3-2-4-24(18)7-11(20)6-18/h5,8,11H,2-4,6-7,9H2,1H3/t11-,18+/m1/s1. The van der Waals surface area contributed by atoms with E-state index in [1.54, 1.807) is 6.07 Å². The van der Waals surface area contributed by atoms with Crippen molar-refractivity contribution in [1.82, 2.24) is 14.9 Å². The Labute approximate surface area is 168 Å². The van der Waals surface area contributed by atoms with Crippen LogP contribution in [0.3, 0.4) is 0 Å². The molecular formula is C18H18BrF2N3O2S. The van der Waals surface area contributed by atoms with E-state index < -0.39 is 12.0 Å². The highest BCUT2D eigenvalue weighted by molar-refractivity contribution is 9.10. The number of thioether (sulfide) groups is 1. The molecule has 9 heteroatoms. The molecule has 5 nitrogen and oxygen atoms in total. The van der Waals surface area contributed by atoms with Crippen LogP contribution < -0.4 is 4.74 Å². The second-order valence-electron chi connectivity index (χ2n) is 6.99. The minimum absolute atomic E-state index is 0.0679. The molecule has 2 aliphatic rings. The number of fused-ring (bicyclic) bond motifs is 2. The number of ether oxygens (including phenoxy) is 1. The van der Waals surface area contributed by atoms with Crippen molar-refractivity contribution in [2.75, 3.05) is 26.0 Å². The maximum Gasteiger partial charge on any atom is 0.318 e. The minimum Gasteiger partial charge on any atom is -0.461 e. The molecule has 2 fully saturated rings. The van der Waals surface area contributed by atoms with E-state index >= 15 is 0 Å². The first kappa shape index (κ1) is 19.0. The van der Waals surface area contributed by atoms with Gasteiger partial charge in [0.15, 0.2) is 12.1 Å². The monoisotopic (exact) mass is 457 g/mol. The lowest BCUT2D eigenvalue weighted by atomic mass is 9.95.